The van der Waals surface area contributed by atoms with Gasteiger partial charge in [-0.2, -0.15) is 0 Å². The van der Waals surface area contributed by atoms with Crippen molar-refractivity contribution >= 4 is 43.2 Å². The summed E-state index contributed by atoms with van der Waals surface area (Å²) in [6.07, 6.45) is 5.33. The molecule has 1 fully saturated rings. The van der Waals surface area contributed by atoms with Crippen LogP contribution in [0.5, 0.6) is 0 Å². The Kier molecular flexibility index (Phi) is 3.38. The average molecular weight is 378 g/mol. The highest BCUT2D eigenvalue weighted by Crippen LogP contribution is 2.52. The molecule has 0 saturated heterocycles. The molecule has 2 aliphatic rings. The Hall–Kier alpha value is -0.590. The minimum atomic E-state index is -3.09. The van der Waals surface area contributed by atoms with Gasteiger partial charge < -0.3 is 5.32 Å². The molecule has 3 rings (SSSR count). The summed E-state index contributed by atoms with van der Waals surface area (Å²) in [5, 5.41) is 5.37. The molecule has 0 aromatic carbocycles. The molecule has 108 valence electrons. The quantitative estimate of drug-likeness (QED) is 0.816. The highest BCUT2D eigenvalue weighted by Gasteiger charge is 2.45. The van der Waals surface area contributed by atoms with E-state index in [9.17, 15) is 8.42 Å². The molecule has 1 atom stereocenters. The molecule has 1 spiro atoms. The van der Waals surface area contributed by atoms with Gasteiger partial charge in [-0.3, -0.25) is 0 Å². The van der Waals surface area contributed by atoms with Crippen molar-refractivity contribution < 1.29 is 8.42 Å². The van der Waals surface area contributed by atoms with Crippen LogP contribution in [-0.2, 0) is 15.3 Å². The van der Waals surface area contributed by atoms with Crippen LogP contribution in [-0.4, -0.2) is 26.2 Å². The van der Waals surface area contributed by atoms with Crippen LogP contribution in [0.15, 0.2) is 21.7 Å². The normalized spacial score (nSPS) is 27.1. The third-order valence-electron chi connectivity index (χ3n) is 3.97. The Morgan fingerprint density at radius 2 is 2.30 bits per heavy atom. The van der Waals surface area contributed by atoms with E-state index in [1.54, 1.807) is 6.20 Å². The summed E-state index contributed by atoms with van der Waals surface area (Å²) in [6, 6.07) is 0. The highest BCUT2D eigenvalue weighted by molar-refractivity contribution is 9.10. The van der Waals surface area contributed by atoms with Gasteiger partial charge in [0.15, 0.2) is 9.84 Å². The minimum Gasteiger partial charge on any atom is -0.369 e. The van der Waals surface area contributed by atoms with Gasteiger partial charge in [0.05, 0.1) is 9.50 Å². The predicted octanol–water partition coefficient (Wildman–Crippen LogP) is 3.27. The van der Waals surface area contributed by atoms with E-state index >= 15 is 0 Å². The molecule has 0 bridgehead atoms. The van der Waals surface area contributed by atoms with Gasteiger partial charge in [0.1, 0.15) is 5.82 Å². The second-order valence-corrected chi connectivity index (χ2v) is 8.69. The van der Waals surface area contributed by atoms with Crippen LogP contribution in [0.4, 0.5) is 5.82 Å². The summed E-state index contributed by atoms with van der Waals surface area (Å²) in [6.45, 7) is 0.757. The number of pyridine rings is 1. The van der Waals surface area contributed by atoms with E-state index in [0.29, 0.717) is 5.02 Å². The Balaban J connectivity index is 2.04. The van der Waals surface area contributed by atoms with Crippen LogP contribution >= 0.6 is 27.5 Å². The summed E-state index contributed by atoms with van der Waals surface area (Å²) in [4.78, 5) is 4.36. The molecule has 1 aromatic rings. The van der Waals surface area contributed by atoms with E-state index in [1.807, 2.05) is 0 Å². The van der Waals surface area contributed by atoms with Crippen LogP contribution in [0.2, 0.25) is 5.02 Å². The fourth-order valence-corrected chi connectivity index (χ4v) is 4.65. The molecule has 1 aliphatic carbocycles. The molecule has 7 heteroatoms. The standard InChI is InChI=1S/C13H14BrClN2O2S/c1-20(18,19)6-8-2-3-13(4-8)7-17-12-10(13)11(15)9(14)5-16-12/h5-6H,2-4,7H2,1H3,(H,16,17). The van der Waals surface area contributed by atoms with Gasteiger partial charge in [0.2, 0.25) is 0 Å². The van der Waals surface area contributed by atoms with E-state index < -0.39 is 9.84 Å². The predicted molar refractivity (Wildman–Crippen MR) is 83.9 cm³/mol. The lowest BCUT2D eigenvalue weighted by Crippen LogP contribution is -2.24. The lowest BCUT2D eigenvalue weighted by molar-refractivity contribution is 0.496. The van der Waals surface area contributed by atoms with Crippen molar-refractivity contribution in [3.05, 3.63) is 32.2 Å². The summed E-state index contributed by atoms with van der Waals surface area (Å²) < 4.78 is 23.6. The van der Waals surface area contributed by atoms with Gasteiger partial charge in [-0.05, 0) is 35.2 Å². The zero-order valence-electron chi connectivity index (χ0n) is 10.9. The molecule has 1 aliphatic heterocycles. The zero-order chi connectivity index (χ0) is 14.5. The molecule has 1 aromatic heterocycles. The van der Waals surface area contributed by atoms with Crippen LogP contribution < -0.4 is 5.32 Å². The first-order chi connectivity index (χ1) is 9.31. The maximum Gasteiger partial charge on any atom is 0.168 e. The van der Waals surface area contributed by atoms with Crippen molar-refractivity contribution in [1.82, 2.24) is 4.98 Å². The number of rotatable bonds is 1. The van der Waals surface area contributed by atoms with Crippen molar-refractivity contribution in [2.24, 2.45) is 0 Å². The van der Waals surface area contributed by atoms with Crippen LogP contribution in [0.1, 0.15) is 24.8 Å². The first kappa shape index (κ1) is 14.4. The number of nitrogens with zero attached hydrogens (tertiary/aromatic N) is 1. The third-order valence-corrected chi connectivity index (χ3v) is 5.95. The molecule has 0 radical (unpaired) electrons. The second-order valence-electron chi connectivity index (χ2n) is 5.56. The number of nitrogens with one attached hydrogen (secondary N) is 1. The fourth-order valence-electron chi connectivity index (χ4n) is 3.20. The van der Waals surface area contributed by atoms with Gasteiger partial charge in [0, 0.05) is 35.4 Å². The van der Waals surface area contributed by atoms with Gasteiger partial charge >= 0.3 is 0 Å². The van der Waals surface area contributed by atoms with E-state index in [2.05, 4.69) is 26.2 Å². The number of aromatic nitrogens is 1. The Morgan fingerprint density at radius 1 is 1.55 bits per heavy atom. The number of allylic oxidation sites excluding steroid dienone is 1. The topological polar surface area (TPSA) is 59.1 Å². The first-order valence-electron chi connectivity index (χ1n) is 6.29. The Bertz CT molecular complexity index is 717. The Labute approximate surface area is 131 Å². The minimum absolute atomic E-state index is 0.125. The molecule has 2 heterocycles. The molecule has 1 N–H and O–H groups in total. The van der Waals surface area contributed by atoms with Crippen molar-refractivity contribution in [2.75, 3.05) is 18.1 Å². The molecular formula is C13H14BrClN2O2S. The lowest BCUT2D eigenvalue weighted by atomic mass is 9.81. The maximum absolute atomic E-state index is 11.4. The van der Waals surface area contributed by atoms with Crippen molar-refractivity contribution in [1.29, 1.82) is 0 Å². The van der Waals surface area contributed by atoms with Crippen LogP contribution in [0, 0.1) is 0 Å². The lowest BCUT2D eigenvalue weighted by Gasteiger charge is -2.23. The largest absolute Gasteiger partial charge is 0.369 e. The summed E-state index contributed by atoms with van der Waals surface area (Å²) in [7, 11) is -3.09. The number of anilines is 1. The van der Waals surface area contributed by atoms with Gasteiger partial charge in [0.25, 0.3) is 0 Å². The van der Waals surface area contributed by atoms with Gasteiger partial charge in [-0.15, -0.1) is 0 Å². The highest BCUT2D eigenvalue weighted by atomic mass is 79.9. The van der Waals surface area contributed by atoms with Crippen LogP contribution in [0.3, 0.4) is 0 Å². The molecule has 1 saturated carbocycles. The SMILES string of the molecule is CS(=O)(=O)C=C1CCC2(CNc3ncc(Br)c(Cl)c32)C1. The van der Waals surface area contributed by atoms with Crippen molar-refractivity contribution in [2.45, 2.75) is 24.7 Å². The number of halogens is 2. The number of sulfone groups is 1. The number of fused-ring (bicyclic) bond motifs is 2. The van der Waals surface area contributed by atoms with Crippen molar-refractivity contribution in [3.8, 4) is 0 Å². The second kappa shape index (κ2) is 4.71. The zero-order valence-corrected chi connectivity index (χ0v) is 14.1. The average Bonchev–Trinajstić information content (AvgIpc) is 2.88. The van der Waals surface area contributed by atoms with E-state index in [0.717, 1.165) is 47.2 Å². The number of hydrogen-bond donors (Lipinski definition) is 1. The van der Waals surface area contributed by atoms with E-state index in [1.165, 1.54) is 11.7 Å². The summed E-state index contributed by atoms with van der Waals surface area (Å²) in [5.41, 5.74) is 1.86. The molecule has 1 unspecified atom stereocenters. The van der Waals surface area contributed by atoms with Gasteiger partial charge in [-0.25, -0.2) is 13.4 Å². The van der Waals surface area contributed by atoms with Crippen molar-refractivity contribution in [3.63, 3.8) is 0 Å². The molecule has 20 heavy (non-hydrogen) atoms. The maximum atomic E-state index is 11.4. The first-order valence-corrected chi connectivity index (χ1v) is 9.41. The molecular weight excluding hydrogens is 364 g/mol. The summed E-state index contributed by atoms with van der Waals surface area (Å²) >= 11 is 9.83. The number of hydrogen-bond acceptors (Lipinski definition) is 4. The smallest absolute Gasteiger partial charge is 0.168 e. The molecule has 0 amide bonds. The molecule has 4 nitrogen and oxygen atoms in total. The summed E-state index contributed by atoms with van der Waals surface area (Å²) in [5.74, 6) is 0.818. The third kappa shape index (κ3) is 2.38. The van der Waals surface area contributed by atoms with E-state index in [4.69, 9.17) is 11.6 Å². The monoisotopic (exact) mass is 376 g/mol. The Morgan fingerprint density at radius 3 is 3.00 bits per heavy atom. The fraction of sp³-hybridized carbons (Fsp3) is 0.462. The van der Waals surface area contributed by atoms with Gasteiger partial charge in [-0.1, -0.05) is 17.2 Å². The van der Waals surface area contributed by atoms with Crippen LogP contribution in [0.25, 0.3) is 0 Å². The van der Waals surface area contributed by atoms with E-state index in [-0.39, 0.29) is 5.41 Å².